The lowest BCUT2D eigenvalue weighted by atomic mass is 9.95. The SMILES string of the molecule is CC[C@H](C)[C@H](NC(=O)[C@H](CCSC)NC(=O)[C@@H](NC(=O)[C@H](CC(N)=O)NC(=O)[C@@H](NC(=O)[C@@H](N)CCSC)C(C)C)[C@@H](C)CC)C(=O)N[C@@H](CC(C)C)C(=O)N[C@@H](CC(C)C)C(=O)N[C@@H](CCCN=C(N)N)C(=O)O. The largest absolute Gasteiger partial charge is 0.480 e. The summed E-state index contributed by atoms with van der Waals surface area (Å²) >= 11 is 2.89. The lowest BCUT2D eigenvalue weighted by molar-refractivity contribution is -0.142. The van der Waals surface area contributed by atoms with Crippen LogP contribution in [0.1, 0.15) is 127 Å². The minimum absolute atomic E-state index is 0.00407. The molecule has 11 atom stereocenters. The van der Waals surface area contributed by atoms with E-state index in [1.807, 2.05) is 34.0 Å². The Bertz CT molecular complexity index is 1910. The van der Waals surface area contributed by atoms with Crippen LogP contribution in [0, 0.1) is 29.6 Å². The number of carbonyl (C=O) groups is 10. The zero-order chi connectivity index (χ0) is 57.7. The third-order valence-electron chi connectivity index (χ3n) is 12.3. The van der Waals surface area contributed by atoms with Gasteiger partial charge in [0.1, 0.15) is 48.3 Å². The average molecular weight is 1100 g/mol. The predicted octanol–water partition coefficient (Wildman–Crippen LogP) is -0.448. The Balaban J connectivity index is 6.66. The quantitative estimate of drug-likeness (QED) is 0.0212. The van der Waals surface area contributed by atoms with Gasteiger partial charge in [-0.05, 0) is 92.1 Å². The number of nitrogens with one attached hydrogen (secondary N) is 8. The molecular formula is C49H91N13O11S2. The highest BCUT2D eigenvalue weighted by Gasteiger charge is 2.38. The van der Waals surface area contributed by atoms with Gasteiger partial charge in [0.25, 0.3) is 0 Å². The van der Waals surface area contributed by atoms with Crippen LogP contribution in [0.2, 0.25) is 0 Å². The van der Waals surface area contributed by atoms with E-state index >= 15 is 0 Å². The molecule has 430 valence electrons. The third kappa shape index (κ3) is 27.3. The number of nitrogens with zero attached hydrogens (tertiary/aromatic N) is 1. The summed E-state index contributed by atoms with van der Waals surface area (Å²) in [7, 11) is 0. The molecule has 0 radical (unpaired) electrons. The van der Waals surface area contributed by atoms with E-state index in [9.17, 15) is 53.1 Å². The highest BCUT2D eigenvalue weighted by molar-refractivity contribution is 7.98. The summed E-state index contributed by atoms with van der Waals surface area (Å²) in [5.74, 6) is -9.14. The molecule has 0 aliphatic heterocycles. The smallest absolute Gasteiger partial charge is 0.326 e. The van der Waals surface area contributed by atoms with E-state index in [0.717, 1.165) is 0 Å². The van der Waals surface area contributed by atoms with Gasteiger partial charge in [-0.25, -0.2) is 4.79 Å². The van der Waals surface area contributed by atoms with Crippen molar-refractivity contribution in [1.29, 1.82) is 0 Å². The van der Waals surface area contributed by atoms with Gasteiger partial charge < -0.3 is 70.6 Å². The van der Waals surface area contributed by atoms with Crippen molar-refractivity contribution in [3.8, 4) is 0 Å². The molecule has 0 spiro atoms. The zero-order valence-electron chi connectivity index (χ0n) is 46.2. The normalized spacial score (nSPS) is 15.7. The van der Waals surface area contributed by atoms with Gasteiger partial charge in [-0.2, -0.15) is 23.5 Å². The summed E-state index contributed by atoms with van der Waals surface area (Å²) < 4.78 is 0. The van der Waals surface area contributed by atoms with Gasteiger partial charge in [0, 0.05) is 6.54 Å². The number of hydrogen-bond donors (Lipinski definition) is 13. The number of aliphatic imine (C=N–C) groups is 1. The molecule has 75 heavy (non-hydrogen) atoms. The Morgan fingerprint density at radius 2 is 0.880 bits per heavy atom. The molecule has 0 aromatic carbocycles. The number of nitrogens with two attached hydrogens (primary N) is 4. The molecule has 0 aromatic heterocycles. The van der Waals surface area contributed by atoms with Crippen LogP contribution in [-0.4, -0.2) is 155 Å². The summed E-state index contributed by atoms with van der Waals surface area (Å²) in [6, 6.07) is -11.1. The van der Waals surface area contributed by atoms with E-state index in [-0.39, 0.29) is 56.4 Å². The Hall–Kier alpha value is -5.37. The number of thioether (sulfide) groups is 2. The van der Waals surface area contributed by atoms with Crippen LogP contribution in [-0.2, 0) is 47.9 Å². The highest BCUT2D eigenvalue weighted by atomic mass is 32.2. The van der Waals surface area contributed by atoms with E-state index < -0.39 is 138 Å². The third-order valence-corrected chi connectivity index (χ3v) is 13.6. The zero-order valence-corrected chi connectivity index (χ0v) is 47.8. The number of aliphatic carboxylic acids is 1. The molecule has 0 rings (SSSR count). The number of carbonyl (C=O) groups excluding carboxylic acids is 9. The van der Waals surface area contributed by atoms with Gasteiger partial charge in [-0.15, -0.1) is 0 Å². The predicted molar refractivity (Wildman–Crippen MR) is 293 cm³/mol. The maximum Gasteiger partial charge on any atom is 0.326 e. The summed E-state index contributed by atoms with van der Waals surface area (Å²) in [4.78, 5) is 139. The van der Waals surface area contributed by atoms with Crippen LogP contribution in [0.25, 0.3) is 0 Å². The summed E-state index contributed by atoms with van der Waals surface area (Å²) in [6.45, 7) is 17.8. The number of guanidine groups is 1. The molecule has 0 fully saturated rings. The van der Waals surface area contributed by atoms with Crippen molar-refractivity contribution in [3.05, 3.63) is 0 Å². The van der Waals surface area contributed by atoms with E-state index in [0.29, 0.717) is 30.8 Å². The van der Waals surface area contributed by atoms with E-state index in [4.69, 9.17) is 22.9 Å². The molecule has 24 nitrogen and oxygen atoms in total. The molecule has 9 amide bonds. The molecular weight excluding hydrogens is 1010 g/mol. The average Bonchev–Trinajstić information content (AvgIpc) is 3.32. The topological polar surface area (TPSA) is 404 Å². The van der Waals surface area contributed by atoms with Crippen LogP contribution >= 0.6 is 23.5 Å². The molecule has 26 heteroatoms. The Morgan fingerprint density at radius 1 is 0.493 bits per heavy atom. The fraction of sp³-hybridized carbons (Fsp3) is 0.776. The fourth-order valence-electron chi connectivity index (χ4n) is 7.49. The van der Waals surface area contributed by atoms with Gasteiger partial charge in [0.2, 0.25) is 53.2 Å². The summed E-state index contributed by atoms with van der Waals surface area (Å²) in [5, 5.41) is 31.1. The van der Waals surface area contributed by atoms with Gasteiger partial charge in [-0.1, -0.05) is 82.1 Å². The van der Waals surface area contributed by atoms with Crippen LogP contribution in [0.4, 0.5) is 0 Å². The van der Waals surface area contributed by atoms with Crippen molar-refractivity contribution in [2.75, 3.05) is 30.6 Å². The van der Waals surface area contributed by atoms with Crippen LogP contribution in [0.15, 0.2) is 4.99 Å². The minimum atomic E-state index is -1.56. The molecule has 0 aliphatic carbocycles. The van der Waals surface area contributed by atoms with Gasteiger partial charge in [0.15, 0.2) is 5.96 Å². The first-order valence-electron chi connectivity index (χ1n) is 25.8. The highest BCUT2D eigenvalue weighted by Crippen LogP contribution is 2.16. The van der Waals surface area contributed by atoms with Crippen molar-refractivity contribution in [1.82, 2.24) is 42.5 Å². The number of amides is 9. The molecule has 0 bridgehead atoms. The maximum atomic E-state index is 14.3. The van der Waals surface area contributed by atoms with Crippen molar-refractivity contribution >= 4 is 88.6 Å². The maximum absolute atomic E-state index is 14.3. The lowest BCUT2D eigenvalue weighted by Gasteiger charge is -2.31. The van der Waals surface area contributed by atoms with Crippen molar-refractivity contribution in [2.45, 2.75) is 181 Å². The lowest BCUT2D eigenvalue weighted by Crippen LogP contribution is -2.62. The second-order valence-corrected chi connectivity index (χ2v) is 22.1. The van der Waals surface area contributed by atoms with Gasteiger partial charge in [0.05, 0.1) is 12.5 Å². The molecule has 0 heterocycles. The van der Waals surface area contributed by atoms with E-state index in [1.54, 1.807) is 47.8 Å². The van der Waals surface area contributed by atoms with Crippen molar-refractivity contribution in [3.63, 3.8) is 0 Å². The molecule has 0 saturated carbocycles. The second-order valence-electron chi connectivity index (χ2n) is 20.2. The van der Waals surface area contributed by atoms with Crippen LogP contribution in [0.3, 0.4) is 0 Å². The summed E-state index contributed by atoms with van der Waals surface area (Å²) in [5.41, 5.74) is 22.3. The first kappa shape index (κ1) is 69.6. The van der Waals surface area contributed by atoms with Crippen LogP contribution < -0.4 is 65.5 Å². The molecule has 0 unspecified atom stereocenters. The standard InChI is InChI=1S/C49H91N13O11S2/c1-13-28(9)38(62-44(68)35(24-36(51)63)59-45(69)37(27(7)8)60-40(64)30(50)17-20-74-11)46(70)55-31(18-21-75-12)41(65)61-39(29(10)14-2)47(71)58-34(23-26(5)6)43(67)57-33(22-25(3)4)42(66)56-32(48(72)73)16-15-19-54-49(52)53/h25-35,37-39H,13-24,50H2,1-12H3,(H2,51,63)(H,55,70)(H,56,66)(H,57,67)(H,58,71)(H,59,69)(H,60,64)(H,61,65)(H,62,68)(H,72,73)(H4,52,53,54)/t28-,29-,30-,31-,32-,33-,34-,35-,37-,38-,39-/m0/s1. The monoisotopic (exact) mass is 1100 g/mol. The number of rotatable bonds is 38. The number of hydrogen-bond acceptors (Lipinski definition) is 14. The van der Waals surface area contributed by atoms with E-state index in [2.05, 4.69) is 47.5 Å². The Labute approximate surface area is 452 Å². The number of carboxylic acid groups (broad SMARTS) is 1. The molecule has 0 aromatic rings. The number of primary amides is 1. The van der Waals surface area contributed by atoms with Crippen molar-refractivity contribution in [2.24, 2.45) is 57.5 Å². The minimum Gasteiger partial charge on any atom is -0.480 e. The first-order valence-corrected chi connectivity index (χ1v) is 28.6. The Kier molecular flexibility index (Phi) is 34.0. The van der Waals surface area contributed by atoms with E-state index in [1.165, 1.54) is 23.5 Å². The van der Waals surface area contributed by atoms with Crippen molar-refractivity contribution < 1.29 is 53.1 Å². The second kappa shape index (κ2) is 36.6. The molecule has 0 saturated heterocycles. The summed E-state index contributed by atoms with van der Waals surface area (Å²) in [6.07, 6.45) is 4.73. The van der Waals surface area contributed by atoms with Gasteiger partial charge in [-0.3, -0.25) is 48.1 Å². The first-order chi connectivity index (χ1) is 35.0. The van der Waals surface area contributed by atoms with Crippen LogP contribution in [0.5, 0.6) is 0 Å². The molecule has 0 aliphatic rings. The Morgan fingerprint density at radius 3 is 1.29 bits per heavy atom. The number of carboxylic acids is 1. The fourth-order valence-corrected chi connectivity index (χ4v) is 8.45. The van der Waals surface area contributed by atoms with Gasteiger partial charge >= 0.3 is 5.97 Å². The molecule has 17 N–H and O–H groups in total.